The van der Waals surface area contributed by atoms with E-state index >= 15 is 0 Å². The average molecular weight is 343 g/mol. The number of amides is 1. The first-order valence-corrected chi connectivity index (χ1v) is 7.11. The molecule has 0 atom stereocenters. The maximum absolute atomic E-state index is 12.5. The van der Waals surface area contributed by atoms with E-state index in [9.17, 15) is 18.0 Å². The zero-order valence-corrected chi connectivity index (χ0v) is 12.9. The Hall–Kier alpha value is -2.21. The monoisotopic (exact) mass is 342 g/mol. The molecule has 23 heavy (non-hydrogen) atoms. The van der Waals surface area contributed by atoms with Crippen LogP contribution in [0.15, 0.2) is 42.5 Å². The summed E-state index contributed by atoms with van der Waals surface area (Å²) in [5.41, 5.74) is 1.03. The van der Waals surface area contributed by atoms with Crippen LogP contribution in [-0.4, -0.2) is 12.5 Å². The third-order valence-electron chi connectivity index (χ3n) is 3.21. The normalized spacial score (nSPS) is 11.2. The van der Waals surface area contributed by atoms with E-state index in [2.05, 4.69) is 10.6 Å². The van der Waals surface area contributed by atoms with Crippen LogP contribution in [-0.2, 0) is 11.0 Å². The zero-order valence-electron chi connectivity index (χ0n) is 12.2. The van der Waals surface area contributed by atoms with E-state index < -0.39 is 11.7 Å². The highest BCUT2D eigenvalue weighted by Crippen LogP contribution is 2.29. The van der Waals surface area contributed by atoms with Crippen LogP contribution in [0.2, 0.25) is 5.02 Å². The van der Waals surface area contributed by atoms with Crippen LogP contribution in [0.4, 0.5) is 24.5 Å². The van der Waals surface area contributed by atoms with Gasteiger partial charge in [0.2, 0.25) is 5.91 Å². The lowest BCUT2D eigenvalue weighted by Gasteiger charge is -2.11. The Bertz CT molecular complexity index is 699. The summed E-state index contributed by atoms with van der Waals surface area (Å²) < 4.78 is 37.4. The van der Waals surface area contributed by atoms with Crippen molar-refractivity contribution in [3.63, 3.8) is 0 Å². The Labute approximate surface area is 136 Å². The Morgan fingerprint density at radius 2 is 1.78 bits per heavy atom. The molecule has 2 rings (SSSR count). The molecule has 0 saturated carbocycles. The molecule has 0 aliphatic rings. The van der Waals surface area contributed by atoms with Gasteiger partial charge in [-0.2, -0.15) is 13.2 Å². The molecule has 0 unspecified atom stereocenters. The fourth-order valence-corrected chi connectivity index (χ4v) is 2.07. The molecule has 0 radical (unpaired) electrons. The van der Waals surface area contributed by atoms with Gasteiger partial charge in [0.25, 0.3) is 0 Å². The van der Waals surface area contributed by atoms with Crippen molar-refractivity contribution in [2.24, 2.45) is 0 Å². The zero-order chi connectivity index (χ0) is 17.0. The molecule has 0 aromatic heterocycles. The van der Waals surface area contributed by atoms with Crippen molar-refractivity contribution in [2.45, 2.75) is 13.1 Å². The molecule has 2 N–H and O–H groups in total. The number of rotatable bonds is 4. The van der Waals surface area contributed by atoms with Crippen LogP contribution in [0.25, 0.3) is 0 Å². The number of halogens is 4. The van der Waals surface area contributed by atoms with Crippen molar-refractivity contribution in [1.29, 1.82) is 0 Å². The Morgan fingerprint density at radius 1 is 1.13 bits per heavy atom. The first-order valence-electron chi connectivity index (χ1n) is 6.73. The lowest BCUT2D eigenvalue weighted by atomic mass is 10.2. The predicted molar refractivity (Wildman–Crippen MR) is 84.8 cm³/mol. The second-order valence-corrected chi connectivity index (χ2v) is 5.30. The fraction of sp³-hybridized carbons (Fsp3) is 0.188. The van der Waals surface area contributed by atoms with Gasteiger partial charge in [0.05, 0.1) is 12.1 Å². The number of benzene rings is 2. The summed E-state index contributed by atoms with van der Waals surface area (Å²) in [6.07, 6.45) is -4.37. The first kappa shape index (κ1) is 17.1. The molecule has 0 bridgehead atoms. The van der Waals surface area contributed by atoms with Gasteiger partial charge in [-0.1, -0.05) is 17.7 Å². The second-order valence-electron chi connectivity index (χ2n) is 4.89. The van der Waals surface area contributed by atoms with Crippen LogP contribution in [0.1, 0.15) is 11.1 Å². The largest absolute Gasteiger partial charge is 0.416 e. The average Bonchev–Trinajstić information content (AvgIpc) is 2.49. The van der Waals surface area contributed by atoms with E-state index in [0.29, 0.717) is 16.4 Å². The number of anilines is 2. The minimum Gasteiger partial charge on any atom is -0.376 e. The molecule has 0 aliphatic heterocycles. The van der Waals surface area contributed by atoms with Crippen molar-refractivity contribution in [3.05, 3.63) is 58.6 Å². The highest BCUT2D eigenvalue weighted by atomic mass is 35.5. The van der Waals surface area contributed by atoms with Crippen LogP contribution < -0.4 is 10.6 Å². The van der Waals surface area contributed by atoms with Crippen LogP contribution >= 0.6 is 11.6 Å². The number of alkyl halides is 3. The van der Waals surface area contributed by atoms with Gasteiger partial charge in [-0.3, -0.25) is 4.79 Å². The number of carbonyl (C=O) groups excluding carboxylic acids is 1. The van der Waals surface area contributed by atoms with Crippen molar-refractivity contribution < 1.29 is 18.0 Å². The smallest absolute Gasteiger partial charge is 0.376 e. The Morgan fingerprint density at radius 3 is 2.39 bits per heavy atom. The molecule has 2 aromatic rings. The van der Waals surface area contributed by atoms with Crippen molar-refractivity contribution in [2.75, 3.05) is 17.2 Å². The summed E-state index contributed by atoms with van der Waals surface area (Å²) in [4.78, 5) is 11.9. The Balaban J connectivity index is 1.93. The molecule has 3 nitrogen and oxygen atoms in total. The van der Waals surface area contributed by atoms with E-state index in [1.165, 1.54) is 12.1 Å². The van der Waals surface area contributed by atoms with Gasteiger partial charge in [0.15, 0.2) is 0 Å². The predicted octanol–water partition coefficient (Wildman–Crippen LogP) is 4.72. The molecule has 0 fully saturated rings. The van der Waals surface area contributed by atoms with Gasteiger partial charge in [-0.15, -0.1) is 0 Å². The van der Waals surface area contributed by atoms with E-state index in [1.54, 1.807) is 25.1 Å². The van der Waals surface area contributed by atoms with Gasteiger partial charge in [0, 0.05) is 16.4 Å². The summed E-state index contributed by atoms with van der Waals surface area (Å²) in [5, 5.41) is 6.00. The summed E-state index contributed by atoms with van der Waals surface area (Å²) in [6, 6.07) is 9.63. The van der Waals surface area contributed by atoms with Gasteiger partial charge in [-0.25, -0.2) is 0 Å². The van der Waals surface area contributed by atoms with Crippen LogP contribution in [0.3, 0.4) is 0 Å². The topological polar surface area (TPSA) is 41.1 Å². The quantitative estimate of drug-likeness (QED) is 0.844. The molecule has 2 aromatic carbocycles. The highest BCUT2D eigenvalue weighted by molar-refractivity contribution is 6.31. The minimum absolute atomic E-state index is 0.0721. The SMILES string of the molecule is Cc1c(Cl)cccc1NC(=O)CNc1ccc(C(F)(F)F)cc1. The number of hydrogen-bond donors (Lipinski definition) is 2. The molecule has 122 valence electrons. The fourth-order valence-electron chi connectivity index (χ4n) is 1.90. The molecular formula is C16H14ClF3N2O. The first-order chi connectivity index (χ1) is 10.8. The molecule has 0 saturated heterocycles. The molecule has 0 heterocycles. The molecule has 7 heteroatoms. The van der Waals surface area contributed by atoms with Crippen LogP contribution in [0.5, 0.6) is 0 Å². The van der Waals surface area contributed by atoms with Crippen molar-refractivity contribution in [1.82, 2.24) is 0 Å². The van der Waals surface area contributed by atoms with Gasteiger partial charge < -0.3 is 10.6 Å². The van der Waals surface area contributed by atoms with Crippen molar-refractivity contribution in [3.8, 4) is 0 Å². The number of hydrogen-bond acceptors (Lipinski definition) is 2. The molecule has 0 aliphatic carbocycles. The maximum Gasteiger partial charge on any atom is 0.416 e. The van der Waals surface area contributed by atoms with E-state index in [0.717, 1.165) is 17.7 Å². The standard InChI is InChI=1S/C16H14ClF3N2O/c1-10-13(17)3-2-4-14(10)22-15(23)9-21-12-7-5-11(6-8-12)16(18,19)20/h2-8,21H,9H2,1H3,(H,22,23). The lowest BCUT2D eigenvalue weighted by Crippen LogP contribution is -2.22. The van der Waals surface area contributed by atoms with E-state index in [-0.39, 0.29) is 12.5 Å². The lowest BCUT2D eigenvalue weighted by molar-refractivity contribution is -0.137. The third-order valence-corrected chi connectivity index (χ3v) is 3.62. The summed E-state index contributed by atoms with van der Waals surface area (Å²) >= 11 is 5.96. The summed E-state index contributed by atoms with van der Waals surface area (Å²) in [5.74, 6) is -0.324. The maximum atomic E-state index is 12.5. The van der Waals surface area contributed by atoms with E-state index in [4.69, 9.17) is 11.6 Å². The van der Waals surface area contributed by atoms with Gasteiger partial charge in [-0.05, 0) is 48.9 Å². The van der Waals surface area contributed by atoms with Crippen molar-refractivity contribution >= 4 is 28.9 Å². The summed E-state index contributed by atoms with van der Waals surface area (Å²) in [7, 11) is 0. The molecule has 1 amide bonds. The minimum atomic E-state index is -4.37. The molecule has 0 spiro atoms. The molecular weight excluding hydrogens is 329 g/mol. The second kappa shape index (κ2) is 6.91. The van der Waals surface area contributed by atoms with Gasteiger partial charge >= 0.3 is 6.18 Å². The third kappa shape index (κ3) is 4.63. The number of nitrogens with one attached hydrogen (secondary N) is 2. The van der Waals surface area contributed by atoms with Crippen LogP contribution in [0, 0.1) is 6.92 Å². The van der Waals surface area contributed by atoms with Gasteiger partial charge in [0.1, 0.15) is 0 Å². The number of carbonyl (C=O) groups is 1. The highest BCUT2D eigenvalue weighted by Gasteiger charge is 2.29. The van der Waals surface area contributed by atoms with E-state index in [1.807, 2.05) is 0 Å². The Kier molecular flexibility index (Phi) is 5.15. The summed E-state index contributed by atoms with van der Waals surface area (Å²) in [6.45, 7) is 1.71.